The molecule has 0 saturated carbocycles. The van der Waals surface area contributed by atoms with Gasteiger partial charge in [0.05, 0.1) is 13.7 Å². The Bertz CT molecular complexity index is 584. The third-order valence-electron chi connectivity index (χ3n) is 2.61. The van der Waals surface area contributed by atoms with E-state index in [-0.39, 0.29) is 5.97 Å². The zero-order valence-corrected chi connectivity index (χ0v) is 10.4. The molecule has 2 rings (SSSR count). The fraction of sp³-hybridized carbons (Fsp3) is 0.214. The maximum absolute atomic E-state index is 11.2. The summed E-state index contributed by atoms with van der Waals surface area (Å²) in [6.07, 6.45) is 5.01. The monoisotopic (exact) mass is 245 g/mol. The number of benzene rings is 1. The number of aromatic amines is 1. The van der Waals surface area contributed by atoms with Crippen molar-refractivity contribution in [3.05, 3.63) is 36.0 Å². The van der Waals surface area contributed by atoms with Crippen LogP contribution in [0.3, 0.4) is 0 Å². The van der Waals surface area contributed by atoms with Gasteiger partial charge in [-0.15, -0.1) is 0 Å². The highest BCUT2D eigenvalue weighted by molar-refractivity contribution is 5.94. The predicted molar refractivity (Wildman–Crippen MR) is 70.5 cm³/mol. The molecule has 1 N–H and O–H groups in total. The fourth-order valence-electron chi connectivity index (χ4n) is 1.74. The lowest BCUT2D eigenvalue weighted by atomic mass is 10.1. The molecule has 0 aliphatic rings. The van der Waals surface area contributed by atoms with Crippen molar-refractivity contribution in [3.63, 3.8) is 0 Å². The molecule has 4 nitrogen and oxygen atoms in total. The number of H-pyrrole nitrogens is 1. The van der Waals surface area contributed by atoms with Crippen molar-refractivity contribution in [1.82, 2.24) is 4.98 Å². The van der Waals surface area contributed by atoms with Crippen LogP contribution in [0, 0.1) is 0 Å². The van der Waals surface area contributed by atoms with Gasteiger partial charge in [-0.05, 0) is 25.1 Å². The first kappa shape index (κ1) is 12.2. The Balaban J connectivity index is 2.27. The first-order valence-electron chi connectivity index (χ1n) is 5.74. The Labute approximate surface area is 105 Å². The first-order valence-corrected chi connectivity index (χ1v) is 5.74. The molecule has 1 heterocycles. The summed E-state index contributed by atoms with van der Waals surface area (Å²) in [5.41, 5.74) is 1.92. The lowest BCUT2D eigenvalue weighted by Gasteiger charge is -1.99. The second-order valence-electron chi connectivity index (χ2n) is 3.74. The van der Waals surface area contributed by atoms with Gasteiger partial charge in [0.15, 0.2) is 0 Å². The molecule has 18 heavy (non-hydrogen) atoms. The van der Waals surface area contributed by atoms with Crippen LogP contribution in [-0.4, -0.2) is 24.7 Å². The topological polar surface area (TPSA) is 51.3 Å². The van der Waals surface area contributed by atoms with E-state index in [0.717, 1.165) is 22.2 Å². The molecule has 94 valence electrons. The number of nitrogens with one attached hydrogen (secondary N) is 1. The molecule has 2 aromatic rings. The van der Waals surface area contributed by atoms with Gasteiger partial charge in [0.25, 0.3) is 0 Å². The van der Waals surface area contributed by atoms with Gasteiger partial charge in [0.2, 0.25) is 0 Å². The molecule has 1 aromatic heterocycles. The molecule has 0 unspecified atom stereocenters. The van der Waals surface area contributed by atoms with E-state index in [1.165, 1.54) is 6.08 Å². The number of carbonyl (C=O) groups is 1. The van der Waals surface area contributed by atoms with Crippen LogP contribution in [-0.2, 0) is 9.53 Å². The van der Waals surface area contributed by atoms with Crippen molar-refractivity contribution in [2.75, 3.05) is 13.7 Å². The van der Waals surface area contributed by atoms with Gasteiger partial charge in [0.1, 0.15) is 5.75 Å². The summed E-state index contributed by atoms with van der Waals surface area (Å²) < 4.78 is 9.98. The molecule has 0 spiro atoms. The van der Waals surface area contributed by atoms with E-state index in [1.54, 1.807) is 20.1 Å². The maximum Gasteiger partial charge on any atom is 0.330 e. The molecule has 0 fully saturated rings. The van der Waals surface area contributed by atoms with Crippen molar-refractivity contribution < 1.29 is 14.3 Å². The molecule has 4 heteroatoms. The van der Waals surface area contributed by atoms with Crippen LogP contribution in [0.5, 0.6) is 5.75 Å². The van der Waals surface area contributed by atoms with Crippen molar-refractivity contribution in [1.29, 1.82) is 0 Å². The van der Waals surface area contributed by atoms with E-state index in [9.17, 15) is 4.79 Å². The number of aromatic nitrogens is 1. The van der Waals surface area contributed by atoms with Crippen LogP contribution >= 0.6 is 0 Å². The fourth-order valence-corrected chi connectivity index (χ4v) is 1.74. The second kappa shape index (κ2) is 5.40. The van der Waals surface area contributed by atoms with Crippen molar-refractivity contribution >= 4 is 22.9 Å². The Kier molecular flexibility index (Phi) is 3.67. The van der Waals surface area contributed by atoms with Gasteiger partial charge in [-0.1, -0.05) is 0 Å². The smallest absolute Gasteiger partial charge is 0.330 e. The number of fused-ring (bicyclic) bond motifs is 1. The zero-order valence-electron chi connectivity index (χ0n) is 10.4. The van der Waals surface area contributed by atoms with Gasteiger partial charge in [-0.25, -0.2) is 4.79 Å². The minimum absolute atomic E-state index is 0.333. The Hall–Kier alpha value is -2.23. The number of methoxy groups -OCH3 is 1. The lowest BCUT2D eigenvalue weighted by molar-refractivity contribution is -0.137. The zero-order chi connectivity index (χ0) is 13.0. The third-order valence-corrected chi connectivity index (χ3v) is 2.61. The van der Waals surface area contributed by atoms with Gasteiger partial charge in [0, 0.05) is 34.8 Å². The molecule has 1 aromatic carbocycles. The Morgan fingerprint density at radius 3 is 3.00 bits per heavy atom. The van der Waals surface area contributed by atoms with Crippen LogP contribution in [0.25, 0.3) is 17.0 Å². The van der Waals surface area contributed by atoms with E-state index in [0.29, 0.717) is 6.61 Å². The number of hydrogen-bond acceptors (Lipinski definition) is 3. The average molecular weight is 245 g/mol. The standard InChI is InChI=1S/C14H15NO3/c1-3-18-14(16)7-4-10-9-15-13-8-11(17-2)5-6-12(10)13/h4-9,15H,3H2,1-2H3/b7-4+. The number of hydrogen-bond donors (Lipinski definition) is 1. The lowest BCUT2D eigenvalue weighted by Crippen LogP contribution is -1.98. The second-order valence-corrected chi connectivity index (χ2v) is 3.74. The largest absolute Gasteiger partial charge is 0.497 e. The van der Waals surface area contributed by atoms with Gasteiger partial charge in [-0.2, -0.15) is 0 Å². The summed E-state index contributed by atoms with van der Waals surface area (Å²) in [6, 6.07) is 5.75. The molecule has 0 radical (unpaired) electrons. The SMILES string of the molecule is CCOC(=O)/C=C/c1c[nH]c2cc(OC)ccc12. The minimum atomic E-state index is -0.333. The van der Waals surface area contributed by atoms with Crippen LogP contribution < -0.4 is 4.74 Å². The van der Waals surface area contributed by atoms with E-state index >= 15 is 0 Å². The highest BCUT2D eigenvalue weighted by atomic mass is 16.5. The predicted octanol–water partition coefficient (Wildman–Crippen LogP) is 2.75. The molecule has 0 aliphatic carbocycles. The molecule has 0 bridgehead atoms. The van der Waals surface area contributed by atoms with Crippen LogP contribution in [0.4, 0.5) is 0 Å². The first-order chi connectivity index (χ1) is 8.74. The summed E-state index contributed by atoms with van der Waals surface area (Å²) >= 11 is 0. The third kappa shape index (κ3) is 2.53. The normalized spacial score (nSPS) is 11.0. The quantitative estimate of drug-likeness (QED) is 0.665. The summed E-state index contributed by atoms with van der Waals surface area (Å²) in [6.45, 7) is 2.16. The van der Waals surface area contributed by atoms with E-state index in [1.807, 2.05) is 24.4 Å². The average Bonchev–Trinajstić information content (AvgIpc) is 2.78. The van der Waals surface area contributed by atoms with Gasteiger partial charge in [-0.3, -0.25) is 0 Å². The number of ether oxygens (including phenoxy) is 2. The maximum atomic E-state index is 11.2. The highest BCUT2D eigenvalue weighted by Crippen LogP contribution is 2.23. The Morgan fingerprint density at radius 2 is 2.28 bits per heavy atom. The van der Waals surface area contributed by atoms with Gasteiger partial charge < -0.3 is 14.5 Å². The van der Waals surface area contributed by atoms with E-state index < -0.39 is 0 Å². The van der Waals surface area contributed by atoms with Crippen LogP contribution in [0.2, 0.25) is 0 Å². The van der Waals surface area contributed by atoms with Crippen LogP contribution in [0.1, 0.15) is 12.5 Å². The number of carbonyl (C=O) groups excluding carboxylic acids is 1. The minimum Gasteiger partial charge on any atom is -0.497 e. The number of rotatable bonds is 4. The number of esters is 1. The molecule has 0 saturated heterocycles. The summed E-state index contributed by atoms with van der Waals surface area (Å²) in [7, 11) is 1.63. The highest BCUT2D eigenvalue weighted by Gasteiger charge is 2.03. The van der Waals surface area contributed by atoms with E-state index in [2.05, 4.69) is 4.98 Å². The van der Waals surface area contributed by atoms with Crippen molar-refractivity contribution in [2.45, 2.75) is 6.92 Å². The van der Waals surface area contributed by atoms with Gasteiger partial charge >= 0.3 is 5.97 Å². The molecule has 0 amide bonds. The molecular weight excluding hydrogens is 230 g/mol. The van der Waals surface area contributed by atoms with E-state index in [4.69, 9.17) is 9.47 Å². The van der Waals surface area contributed by atoms with Crippen molar-refractivity contribution in [3.8, 4) is 5.75 Å². The summed E-state index contributed by atoms with van der Waals surface area (Å²) in [5.74, 6) is 0.464. The molecule has 0 atom stereocenters. The summed E-state index contributed by atoms with van der Waals surface area (Å²) in [5, 5.41) is 1.04. The van der Waals surface area contributed by atoms with Crippen molar-refractivity contribution in [2.24, 2.45) is 0 Å². The molecular formula is C14H15NO3. The summed E-state index contributed by atoms with van der Waals surface area (Å²) in [4.78, 5) is 14.4. The molecule has 0 aliphatic heterocycles. The Morgan fingerprint density at radius 1 is 1.44 bits per heavy atom. The van der Waals surface area contributed by atoms with Crippen LogP contribution in [0.15, 0.2) is 30.5 Å².